The maximum Gasteiger partial charge on any atom is 0.277 e. The molecule has 0 aliphatic carbocycles. The van der Waals surface area contributed by atoms with Crippen molar-refractivity contribution in [1.82, 2.24) is 14.6 Å². The van der Waals surface area contributed by atoms with Crippen LogP contribution in [0.25, 0.3) is 0 Å². The van der Waals surface area contributed by atoms with Gasteiger partial charge in [-0.15, -0.1) is 0 Å². The van der Waals surface area contributed by atoms with Crippen LogP contribution in [0.1, 0.15) is 16.2 Å². The number of fused-ring (bicyclic) bond motifs is 1. The topological polar surface area (TPSA) is 87.9 Å². The molecule has 3 rings (SSSR count). The van der Waals surface area contributed by atoms with Crippen molar-refractivity contribution in [1.29, 1.82) is 0 Å². The van der Waals surface area contributed by atoms with Crippen LogP contribution in [-0.2, 0) is 11.3 Å². The molecule has 0 aromatic carbocycles. The molecule has 0 radical (unpaired) electrons. The van der Waals surface area contributed by atoms with Crippen LogP contribution in [0.4, 0.5) is 0 Å². The summed E-state index contributed by atoms with van der Waals surface area (Å²) in [7, 11) is 1.55. The first kappa shape index (κ1) is 16.0. The van der Waals surface area contributed by atoms with E-state index in [2.05, 4.69) is 4.98 Å². The number of pyridine rings is 2. The summed E-state index contributed by atoms with van der Waals surface area (Å²) in [6, 6.07) is 6.81. The molecule has 3 heterocycles. The molecular formula is C16H18N4O4. The third-order valence-corrected chi connectivity index (χ3v) is 3.82. The van der Waals surface area contributed by atoms with Crippen LogP contribution in [0.3, 0.4) is 0 Å². The molecule has 8 heteroatoms. The quantitative estimate of drug-likeness (QED) is 0.839. The van der Waals surface area contributed by atoms with Crippen LogP contribution in [0.5, 0.6) is 5.75 Å². The molecule has 126 valence electrons. The fourth-order valence-electron chi connectivity index (χ4n) is 2.61. The van der Waals surface area contributed by atoms with Gasteiger partial charge >= 0.3 is 0 Å². The molecule has 0 spiro atoms. The first-order valence-corrected chi connectivity index (χ1v) is 7.50. The molecule has 0 atom stereocenters. The molecule has 0 fully saturated rings. The lowest BCUT2D eigenvalue weighted by Crippen LogP contribution is -2.54. The van der Waals surface area contributed by atoms with Gasteiger partial charge in [0, 0.05) is 32.1 Å². The SMILES string of the molecule is COCCN1CN(Cc2ccccn2)n2ccc(=O)c(O)c2C1=O. The minimum atomic E-state index is -0.582. The monoisotopic (exact) mass is 330 g/mol. The number of carbonyl (C=O) groups excluding carboxylic acids is 1. The summed E-state index contributed by atoms with van der Waals surface area (Å²) in [6.45, 7) is 1.44. The minimum absolute atomic E-state index is 0.0409. The zero-order chi connectivity index (χ0) is 17.1. The number of methoxy groups -OCH3 is 1. The highest BCUT2D eigenvalue weighted by Crippen LogP contribution is 2.20. The van der Waals surface area contributed by atoms with E-state index in [4.69, 9.17) is 4.74 Å². The highest BCUT2D eigenvalue weighted by Gasteiger charge is 2.32. The van der Waals surface area contributed by atoms with Crippen molar-refractivity contribution in [3.63, 3.8) is 0 Å². The van der Waals surface area contributed by atoms with E-state index in [0.29, 0.717) is 26.4 Å². The van der Waals surface area contributed by atoms with Crippen LogP contribution in [0.2, 0.25) is 0 Å². The van der Waals surface area contributed by atoms with E-state index < -0.39 is 17.1 Å². The lowest BCUT2D eigenvalue weighted by atomic mass is 10.2. The van der Waals surface area contributed by atoms with Crippen molar-refractivity contribution in [2.75, 3.05) is 31.9 Å². The predicted molar refractivity (Wildman–Crippen MR) is 86.3 cm³/mol. The summed E-state index contributed by atoms with van der Waals surface area (Å²) in [5, 5.41) is 11.9. The van der Waals surface area contributed by atoms with E-state index in [1.54, 1.807) is 13.3 Å². The Bertz CT molecular complexity index is 790. The van der Waals surface area contributed by atoms with Crippen LogP contribution in [0.15, 0.2) is 41.5 Å². The lowest BCUT2D eigenvalue weighted by Gasteiger charge is -2.39. The van der Waals surface area contributed by atoms with Gasteiger partial charge in [-0.25, -0.2) is 0 Å². The maximum absolute atomic E-state index is 12.6. The minimum Gasteiger partial charge on any atom is -0.502 e. The summed E-state index contributed by atoms with van der Waals surface area (Å²) < 4.78 is 6.54. The van der Waals surface area contributed by atoms with E-state index in [1.165, 1.54) is 21.8 Å². The Morgan fingerprint density at radius 1 is 1.29 bits per heavy atom. The first-order valence-electron chi connectivity index (χ1n) is 7.50. The number of carbonyl (C=O) groups is 1. The molecule has 0 bridgehead atoms. The van der Waals surface area contributed by atoms with Crippen LogP contribution in [0, 0.1) is 0 Å². The molecule has 0 unspecified atom stereocenters. The fraction of sp³-hybridized carbons (Fsp3) is 0.312. The molecule has 0 saturated carbocycles. The summed E-state index contributed by atoms with van der Waals surface area (Å²) in [5.41, 5.74) is 0.185. The lowest BCUT2D eigenvalue weighted by molar-refractivity contribution is 0.0620. The largest absolute Gasteiger partial charge is 0.502 e. The third-order valence-electron chi connectivity index (χ3n) is 3.82. The second-order valence-corrected chi connectivity index (χ2v) is 5.41. The average Bonchev–Trinajstić information content (AvgIpc) is 2.59. The number of aromatic hydroxyl groups is 1. The standard InChI is InChI=1S/C16H18N4O4/c1-24-9-8-18-11-19(10-12-4-2-3-6-17-12)20-7-5-13(21)15(22)14(20)16(18)23/h2-7,22H,8-11H2,1H3. The summed E-state index contributed by atoms with van der Waals surface area (Å²) in [5.74, 6) is -0.949. The van der Waals surface area contributed by atoms with Gasteiger partial charge in [-0.05, 0) is 12.1 Å². The first-order chi connectivity index (χ1) is 11.6. The van der Waals surface area contributed by atoms with Crippen molar-refractivity contribution >= 4 is 5.91 Å². The second-order valence-electron chi connectivity index (χ2n) is 5.41. The zero-order valence-corrected chi connectivity index (χ0v) is 13.3. The summed E-state index contributed by atoms with van der Waals surface area (Å²) in [6.07, 6.45) is 3.18. The van der Waals surface area contributed by atoms with Crippen molar-refractivity contribution in [3.8, 4) is 5.75 Å². The van der Waals surface area contributed by atoms with Gasteiger partial charge in [0.2, 0.25) is 5.43 Å². The Morgan fingerprint density at radius 2 is 2.12 bits per heavy atom. The normalized spacial score (nSPS) is 14.0. The Labute approximate surface area is 138 Å². The number of hydrogen-bond donors (Lipinski definition) is 1. The number of nitrogens with zero attached hydrogens (tertiary/aromatic N) is 4. The molecule has 8 nitrogen and oxygen atoms in total. The third kappa shape index (κ3) is 2.95. The number of rotatable bonds is 5. The van der Waals surface area contributed by atoms with Crippen molar-refractivity contribution in [2.24, 2.45) is 0 Å². The number of amides is 1. The van der Waals surface area contributed by atoms with Gasteiger partial charge in [0.1, 0.15) is 6.67 Å². The zero-order valence-electron chi connectivity index (χ0n) is 13.3. The Hall–Kier alpha value is -2.87. The van der Waals surface area contributed by atoms with E-state index in [-0.39, 0.29) is 5.69 Å². The molecule has 24 heavy (non-hydrogen) atoms. The molecule has 2 aromatic heterocycles. The van der Waals surface area contributed by atoms with E-state index in [1.807, 2.05) is 23.2 Å². The highest BCUT2D eigenvalue weighted by atomic mass is 16.5. The Kier molecular flexibility index (Phi) is 4.48. The smallest absolute Gasteiger partial charge is 0.277 e. The van der Waals surface area contributed by atoms with Gasteiger partial charge < -0.3 is 14.7 Å². The Balaban J connectivity index is 2.00. The van der Waals surface area contributed by atoms with Crippen molar-refractivity contribution in [3.05, 3.63) is 58.3 Å². The molecule has 2 aromatic rings. The van der Waals surface area contributed by atoms with Gasteiger partial charge in [0.05, 0.1) is 18.8 Å². The average molecular weight is 330 g/mol. The number of hydrogen-bond acceptors (Lipinski definition) is 6. The van der Waals surface area contributed by atoms with Gasteiger partial charge in [-0.3, -0.25) is 24.3 Å². The highest BCUT2D eigenvalue weighted by molar-refractivity contribution is 5.96. The van der Waals surface area contributed by atoms with Crippen LogP contribution < -0.4 is 10.4 Å². The molecule has 1 amide bonds. The summed E-state index contributed by atoms with van der Waals surface area (Å²) in [4.78, 5) is 30.1. The van der Waals surface area contributed by atoms with Crippen LogP contribution in [-0.4, -0.2) is 52.5 Å². The molecule has 1 aliphatic rings. The fourth-order valence-corrected chi connectivity index (χ4v) is 2.61. The van der Waals surface area contributed by atoms with E-state index in [0.717, 1.165) is 5.69 Å². The predicted octanol–water partition coefficient (Wildman–Crippen LogP) is 0.147. The number of aromatic nitrogens is 2. The molecular weight excluding hydrogens is 312 g/mol. The van der Waals surface area contributed by atoms with Gasteiger partial charge in [-0.2, -0.15) is 0 Å². The molecule has 1 aliphatic heterocycles. The molecule has 0 saturated heterocycles. The Morgan fingerprint density at radius 3 is 2.83 bits per heavy atom. The van der Waals surface area contributed by atoms with Crippen LogP contribution >= 0.6 is 0 Å². The van der Waals surface area contributed by atoms with Gasteiger partial charge in [0.25, 0.3) is 5.91 Å². The van der Waals surface area contributed by atoms with Gasteiger partial charge in [0.15, 0.2) is 11.4 Å². The molecule has 1 N–H and O–H groups in total. The van der Waals surface area contributed by atoms with Gasteiger partial charge in [-0.1, -0.05) is 6.07 Å². The number of ether oxygens (including phenoxy) is 1. The summed E-state index contributed by atoms with van der Waals surface area (Å²) >= 11 is 0. The van der Waals surface area contributed by atoms with Crippen molar-refractivity contribution < 1.29 is 14.6 Å². The maximum atomic E-state index is 12.6. The van der Waals surface area contributed by atoms with Crippen molar-refractivity contribution in [2.45, 2.75) is 6.54 Å². The second kappa shape index (κ2) is 6.71. The van der Waals surface area contributed by atoms with E-state index >= 15 is 0 Å². The van der Waals surface area contributed by atoms with E-state index in [9.17, 15) is 14.7 Å².